The number of aromatic amines is 1. The zero-order valence-corrected chi connectivity index (χ0v) is 8.92. The summed E-state index contributed by atoms with van der Waals surface area (Å²) in [4.78, 5) is 25.3. The molecule has 0 atom stereocenters. The van der Waals surface area contributed by atoms with E-state index in [1.165, 1.54) is 0 Å². The van der Waals surface area contributed by atoms with Gasteiger partial charge in [-0.05, 0) is 26.3 Å². The Morgan fingerprint density at radius 2 is 2.07 bits per heavy atom. The summed E-state index contributed by atoms with van der Waals surface area (Å²) in [7, 11) is 0. The molecule has 5 nitrogen and oxygen atoms in total. The second-order valence-electron chi connectivity index (χ2n) is 3.04. The van der Waals surface area contributed by atoms with Crippen LogP contribution in [0.4, 0.5) is 4.79 Å². The summed E-state index contributed by atoms with van der Waals surface area (Å²) in [5, 5.41) is 0. The fraction of sp³-hybridized carbons (Fsp3) is 0.400. The van der Waals surface area contributed by atoms with Crippen LogP contribution < -0.4 is 0 Å². The molecule has 0 radical (unpaired) electrons. The third-order valence-electron chi connectivity index (χ3n) is 1.92. The zero-order valence-electron chi connectivity index (χ0n) is 8.92. The molecular formula is C10H13NO4. The Balaban J connectivity index is 2.73. The van der Waals surface area contributed by atoms with Gasteiger partial charge in [0.2, 0.25) is 0 Å². The van der Waals surface area contributed by atoms with E-state index in [1.807, 2.05) is 0 Å². The number of nitrogens with one attached hydrogen (secondary N) is 1. The quantitative estimate of drug-likeness (QED) is 0.599. The molecule has 1 heterocycles. The number of ether oxygens (including phenoxy) is 2. The van der Waals surface area contributed by atoms with E-state index < -0.39 is 12.1 Å². The second-order valence-corrected chi connectivity index (χ2v) is 3.04. The first-order valence-electron chi connectivity index (χ1n) is 4.59. The van der Waals surface area contributed by atoms with Crippen molar-refractivity contribution in [3.63, 3.8) is 0 Å². The molecule has 0 aliphatic heterocycles. The number of rotatable bonds is 2. The standard InChI is InChI=1S/C10H13NO4/c1-4-14-10(13)15-9(12)8-6(2)5-11-7(8)3/h5,11H,4H2,1-3H3. The summed E-state index contributed by atoms with van der Waals surface area (Å²) in [5.41, 5.74) is 1.78. The Bertz CT molecular complexity index is 361. The van der Waals surface area contributed by atoms with Gasteiger partial charge in [0.25, 0.3) is 0 Å². The maximum absolute atomic E-state index is 11.5. The van der Waals surface area contributed by atoms with Crippen molar-refractivity contribution in [1.82, 2.24) is 4.98 Å². The number of esters is 1. The number of hydrogen-bond acceptors (Lipinski definition) is 4. The Hall–Kier alpha value is -1.78. The van der Waals surface area contributed by atoms with Crippen molar-refractivity contribution >= 4 is 12.1 Å². The average molecular weight is 211 g/mol. The summed E-state index contributed by atoms with van der Waals surface area (Å²) in [5.74, 6) is -0.690. The molecule has 0 spiro atoms. The molecule has 5 heteroatoms. The van der Waals surface area contributed by atoms with Gasteiger partial charge < -0.3 is 14.5 Å². The molecule has 0 saturated carbocycles. The van der Waals surface area contributed by atoms with E-state index in [4.69, 9.17) is 0 Å². The van der Waals surface area contributed by atoms with Gasteiger partial charge in [-0.25, -0.2) is 9.59 Å². The lowest BCUT2D eigenvalue weighted by Crippen LogP contribution is -2.14. The van der Waals surface area contributed by atoms with E-state index in [0.717, 1.165) is 5.56 Å². The second kappa shape index (κ2) is 4.63. The summed E-state index contributed by atoms with van der Waals surface area (Å²) in [6, 6.07) is 0. The van der Waals surface area contributed by atoms with Crippen LogP contribution in [-0.4, -0.2) is 23.7 Å². The van der Waals surface area contributed by atoms with Gasteiger partial charge in [0, 0.05) is 11.9 Å². The summed E-state index contributed by atoms with van der Waals surface area (Å²) < 4.78 is 8.97. The highest BCUT2D eigenvalue weighted by molar-refractivity contribution is 5.97. The van der Waals surface area contributed by atoms with Crippen molar-refractivity contribution in [2.45, 2.75) is 20.8 Å². The number of H-pyrrole nitrogens is 1. The predicted octanol–water partition coefficient (Wildman–Crippen LogP) is 1.94. The summed E-state index contributed by atoms with van der Waals surface area (Å²) >= 11 is 0. The van der Waals surface area contributed by atoms with E-state index in [2.05, 4.69) is 14.5 Å². The molecule has 1 N–H and O–H groups in total. The highest BCUT2D eigenvalue weighted by Gasteiger charge is 2.19. The lowest BCUT2D eigenvalue weighted by atomic mass is 10.2. The molecule has 1 aromatic heterocycles. The number of hydrogen-bond donors (Lipinski definition) is 1. The minimum Gasteiger partial charge on any atom is -0.434 e. The molecule has 0 amide bonds. The zero-order chi connectivity index (χ0) is 11.4. The lowest BCUT2D eigenvalue weighted by molar-refractivity contribution is 0.0400. The van der Waals surface area contributed by atoms with Crippen LogP contribution in [0.1, 0.15) is 28.5 Å². The third kappa shape index (κ3) is 2.59. The molecule has 0 fully saturated rings. The van der Waals surface area contributed by atoms with Gasteiger partial charge in [0.1, 0.15) is 0 Å². The Morgan fingerprint density at radius 3 is 2.53 bits per heavy atom. The maximum atomic E-state index is 11.5. The summed E-state index contributed by atoms with van der Waals surface area (Å²) in [6.07, 6.45) is 0.708. The molecule has 1 aromatic rings. The van der Waals surface area contributed by atoms with Crippen molar-refractivity contribution in [2.24, 2.45) is 0 Å². The van der Waals surface area contributed by atoms with Gasteiger partial charge in [-0.15, -0.1) is 0 Å². The van der Waals surface area contributed by atoms with Gasteiger partial charge in [0.15, 0.2) is 0 Å². The number of carbonyl (C=O) groups is 2. The monoisotopic (exact) mass is 211 g/mol. The smallest absolute Gasteiger partial charge is 0.434 e. The minimum atomic E-state index is -0.970. The first-order valence-corrected chi connectivity index (χ1v) is 4.59. The van der Waals surface area contributed by atoms with Crippen molar-refractivity contribution in [3.05, 3.63) is 23.0 Å². The average Bonchev–Trinajstić information content (AvgIpc) is 2.46. The molecule has 0 aliphatic rings. The van der Waals surface area contributed by atoms with E-state index in [0.29, 0.717) is 11.3 Å². The molecule has 0 aromatic carbocycles. The Morgan fingerprint density at radius 1 is 1.40 bits per heavy atom. The van der Waals surface area contributed by atoms with Gasteiger partial charge in [-0.3, -0.25) is 0 Å². The fourth-order valence-corrected chi connectivity index (χ4v) is 1.24. The Kier molecular flexibility index (Phi) is 3.49. The fourth-order valence-electron chi connectivity index (χ4n) is 1.24. The first-order chi connectivity index (χ1) is 7.06. The maximum Gasteiger partial charge on any atom is 0.516 e. The van der Waals surface area contributed by atoms with Gasteiger partial charge in [-0.2, -0.15) is 0 Å². The van der Waals surface area contributed by atoms with E-state index in [1.54, 1.807) is 27.0 Å². The van der Waals surface area contributed by atoms with Crippen molar-refractivity contribution < 1.29 is 19.1 Å². The van der Waals surface area contributed by atoms with E-state index >= 15 is 0 Å². The molecule has 0 saturated heterocycles. The van der Waals surface area contributed by atoms with E-state index in [9.17, 15) is 9.59 Å². The van der Waals surface area contributed by atoms with Gasteiger partial charge >= 0.3 is 12.1 Å². The van der Waals surface area contributed by atoms with Crippen molar-refractivity contribution in [1.29, 1.82) is 0 Å². The van der Waals surface area contributed by atoms with Gasteiger partial charge in [-0.1, -0.05) is 0 Å². The number of carbonyl (C=O) groups excluding carboxylic acids is 2. The van der Waals surface area contributed by atoms with Gasteiger partial charge in [0.05, 0.1) is 12.2 Å². The SMILES string of the molecule is CCOC(=O)OC(=O)c1c(C)c[nH]c1C. The molecular weight excluding hydrogens is 198 g/mol. The highest BCUT2D eigenvalue weighted by atomic mass is 16.7. The molecule has 82 valence electrons. The highest BCUT2D eigenvalue weighted by Crippen LogP contribution is 2.13. The minimum absolute atomic E-state index is 0.178. The molecule has 0 aliphatic carbocycles. The van der Waals surface area contributed by atoms with Crippen LogP contribution in [0.3, 0.4) is 0 Å². The van der Waals surface area contributed by atoms with Crippen LogP contribution in [0.5, 0.6) is 0 Å². The first kappa shape index (κ1) is 11.3. The van der Waals surface area contributed by atoms with E-state index in [-0.39, 0.29) is 6.61 Å². The van der Waals surface area contributed by atoms with Crippen LogP contribution in [0.15, 0.2) is 6.20 Å². The topological polar surface area (TPSA) is 68.4 Å². The number of aromatic nitrogens is 1. The molecule has 15 heavy (non-hydrogen) atoms. The van der Waals surface area contributed by atoms with Crippen LogP contribution in [-0.2, 0) is 9.47 Å². The molecule has 0 bridgehead atoms. The van der Waals surface area contributed by atoms with Crippen LogP contribution in [0, 0.1) is 13.8 Å². The number of aryl methyl sites for hydroxylation is 2. The predicted molar refractivity (Wildman–Crippen MR) is 52.7 cm³/mol. The normalized spacial score (nSPS) is 9.80. The Labute approximate surface area is 87.4 Å². The third-order valence-corrected chi connectivity index (χ3v) is 1.92. The van der Waals surface area contributed by atoms with Crippen molar-refractivity contribution in [2.75, 3.05) is 6.61 Å². The molecule has 1 rings (SSSR count). The van der Waals surface area contributed by atoms with Crippen LogP contribution in [0.2, 0.25) is 0 Å². The lowest BCUT2D eigenvalue weighted by Gasteiger charge is -2.03. The molecule has 0 unspecified atom stereocenters. The summed E-state index contributed by atoms with van der Waals surface area (Å²) in [6.45, 7) is 5.30. The largest absolute Gasteiger partial charge is 0.516 e. The van der Waals surface area contributed by atoms with Crippen LogP contribution >= 0.6 is 0 Å². The van der Waals surface area contributed by atoms with Crippen molar-refractivity contribution in [3.8, 4) is 0 Å². The van der Waals surface area contributed by atoms with Crippen LogP contribution in [0.25, 0.3) is 0 Å².